The lowest BCUT2D eigenvalue weighted by atomic mass is 10.1. The van der Waals surface area contributed by atoms with Gasteiger partial charge in [0.15, 0.2) is 5.78 Å². The molecule has 2 heterocycles. The van der Waals surface area contributed by atoms with Crippen LogP contribution in [0, 0.1) is 0 Å². The Hall–Kier alpha value is -3.71. The largest absolute Gasteiger partial charge is 0.369 e. The number of ketones is 1. The Labute approximate surface area is 195 Å². The van der Waals surface area contributed by atoms with E-state index in [9.17, 15) is 4.79 Å². The number of anilines is 5. The predicted molar refractivity (Wildman–Crippen MR) is 135 cm³/mol. The molecule has 1 aliphatic rings. The molecule has 0 amide bonds. The number of nitrogens with zero attached hydrogens (tertiary/aromatic N) is 5. The molecule has 0 aliphatic carbocycles. The van der Waals surface area contributed by atoms with E-state index in [-0.39, 0.29) is 5.78 Å². The van der Waals surface area contributed by atoms with E-state index in [1.54, 1.807) is 6.20 Å². The van der Waals surface area contributed by atoms with Crippen LogP contribution >= 0.6 is 0 Å². The van der Waals surface area contributed by atoms with Crippen LogP contribution in [0.2, 0.25) is 0 Å². The van der Waals surface area contributed by atoms with Gasteiger partial charge in [-0.2, -0.15) is 4.98 Å². The van der Waals surface area contributed by atoms with Gasteiger partial charge < -0.3 is 20.0 Å². The highest BCUT2D eigenvalue weighted by molar-refractivity contribution is 5.90. The number of nitrogens with one attached hydrogen (secondary N) is 1. The minimum Gasteiger partial charge on any atom is -0.369 e. The molecule has 1 saturated heterocycles. The molecule has 0 bridgehead atoms. The summed E-state index contributed by atoms with van der Waals surface area (Å²) in [4.78, 5) is 27.4. The summed E-state index contributed by atoms with van der Waals surface area (Å²) in [6, 6.07) is 18.2. The average molecular weight is 443 g/mol. The summed E-state index contributed by atoms with van der Waals surface area (Å²) in [5, 5.41) is 3.30. The molecule has 1 fully saturated rings. The third-order valence-electron chi connectivity index (χ3n) is 5.91. The standard InChI is InChI=1S/C26H30N6O/c1-4-24(33)19-20-5-9-22(10-6-20)31(3)25-13-14-27-26(29-25)28-21-7-11-23(12-8-21)32-17-15-30(2)16-18-32/h4-14H,1,15-19H2,2-3H3,(H,27,28,29). The fraction of sp³-hybridized carbons (Fsp3) is 0.269. The second-order valence-electron chi connectivity index (χ2n) is 8.27. The Balaban J connectivity index is 1.41. The van der Waals surface area contributed by atoms with Gasteiger partial charge in [-0.05, 0) is 61.2 Å². The zero-order valence-electron chi connectivity index (χ0n) is 19.2. The number of hydrogen-bond donors (Lipinski definition) is 1. The van der Waals surface area contributed by atoms with Crippen molar-refractivity contribution in [1.82, 2.24) is 14.9 Å². The molecule has 2 aromatic carbocycles. The van der Waals surface area contributed by atoms with Crippen LogP contribution in [0.5, 0.6) is 0 Å². The molecule has 7 nitrogen and oxygen atoms in total. The highest BCUT2D eigenvalue weighted by atomic mass is 16.1. The van der Waals surface area contributed by atoms with Crippen LogP contribution < -0.4 is 15.1 Å². The van der Waals surface area contributed by atoms with Crippen molar-refractivity contribution in [3.05, 3.63) is 79.0 Å². The van der Waals surface area contributed by atoms with Gasteiger partial charge in [0.2, 0.25) is 5.95 Å². The highest BCUT2D eigenvalue weighted by Crippen LogP contribution is 2.25. The molecule has 170 valence electrons. The van der Waals surface area contributed by atoms with E-state index in [2.05, 4.69) is 63.0 Å². The monoisotopic (exact) mass is 442 g/mol. The number of aromatic nitrogens is 2. The molecule has 33 heavy (non-hydrogen) atoms. The van der Waals surface area contributed by atoms with Crippen molar-refractivity contribution in [3.8, 4) is 0 Å². The normalized spacial score (nSPS) is 14.1. The van der Waals surface area contributed by atoms with Crippen molar-refractivity contribution < 1.29 is 4.79 Å². The van der Waals surface area contributed by atoms with Gasteiger partial charge >= 0.3 is 0 Å². The molecule has 3 aromatic rings. The van der Waals surface area contributed by atoms with Crippen molar-refractivity contribution in [2.45, 2.75) is 6.42 Å². The summed E-state index contributed by atoms with van der Waals surface area (Å²) in [5.74, 6) is 1.33. The highest BCUT2D eigenvalue weighted by Gasteiger charge is 2.14. The van der Waals surface area contributed by atoms with Gasteiger partial charge in [-0.1, -0.05) is 18.7 Å². The van der Waals surface area contributed by atoms with Crippen LogP contribution in [0.4, 0.5) is 28.8 Å². The second kappa shape index (κ2) is 10.3. The summed E-state index contributed by atoms with van der Waals surface area (Å²) >= 11 is 0. The Morgan fingerprint density at radius 3 is 2.42 bits per heavy atom. The van der Waals surface area contributed by atoms with Gasteiger partial charge in [-0.15, -0.1) is 0 Å². The molecular formula is C26H30N6O. The SMILES string of the molecule is C=CC(=O)Cc1ccc(N(C)c2ccnc(Nc3ccc(N4CCN(C)CC4)cc3)n2)cc1. The van der Waals surface area contributed by atoms with Crippen LogP contribution in [0.3, 0.4) is 0 Å². The molecule has 0 spiro atoms. The first kappa shape index (κ1) is 22.5. The third-order valence-corrected chi connectivity index (χ3v) is 5.91. The minimum absolute atomic E-state index is 0.0131. The van der Waals surface area contributed by atoms with E-state index in [4.69, 9.17) is 0 Å². The van der Waals surface area contributed by atoms with Crippen LogP contribution in [-0.2, 0) is 11.2 Å². The zero-order chi connectivity index (χ0) is 23.2. The quantitative estimate of drug-likeness (QED) is 0.528. The first-order valence-electron chi connectivity index (χ1n) is 11.1. The molecule has 0 radical (unpaired) electrons. The first-order valence-corrected chi connectivity index (χ1v) is 11.1. The van der Waals surface area contributed by atoms with Gasteiger partial charge in [-0.3, -0.25) is 4.79 Å². The average Bonchev–Trinajstić information content (AvgIpc) is 2.85. The van der Waals surface area contributed by atoms with E-state index < -0.39 is 0 Å². The number of carbonyl (C=O) groups is 1. The molecular weight excluding hydrogens is 412 g/mol. The minimum atomic E-state index is 0.0131. The number of hydrogen-bond acceptors (Lipinski definition) is 7. The third kappa shape index (κ3) is 5.75. The molecule has 7 heteroatoms. The number of allylic oxidation sites excluding steroid dienone is 1. The van der Waals surface area contributed by atoms with Gasteiger partial charge in [0.05, 0.1) is 0 Å². The maximum Gasteiger partial charge on any atom is 0.229 e. The van der Waals surface area contributed by atoms with Crippen molar-refractivity contribution in [1.29, 1.82) is 0 Å². The zero-order valence-corrected chi connectivity index (χ0v) is 19.2. The molecule has 1 aliphatic heterocycles. The molecule has 1 aromatic heterocycles. The number of rotatable bonds is 8. The van der Waals surface area contributed by atoms with Crippen LogP contribution in [-0.4, -0.2) is 60.9 Å². The van der Waals surface area contributed by atoms with Gasteiger partial charge in [0.25, 0.3) is 0 Å². The number of piperazine rings is 1. The Kier molecular flexibility index (Phi) is 7.00. The first-order chi connectivity index (χ1) is 16.0. The summed E-state index contributed by atoms with van der Waals surface area (Å²) < 4.78 is 0. The fourth-order valence-corrected chi connectivity index (χ4v) is 3.79. The van der Waals surface area contributed by atoms with Crippen LogP contribution in [0.15, 0.2) is 73.4 Å². The number of likely N-dealkylation sites (N-methyl/N-ethyl adjacent to an activating group) is 1. The fourth-order valence-electron chi connectivity index (χ4n) is 3.79. The summed E-state index contributed by atoms with van der Waals surface area (Å²) in [6.07, 6.45) is 3.47. The maximum absolute atomic E-state index is 11.6. The molecule has 0 unspecified atom stereocenters. The number of benzene rings is 2. The lowest BCUT2D eigenvalue weighted by Gasteiger charge is -2.34. The Morgan fingerprint density at radius 1 is 1.06 bits per heavy atom. The molecule has 1 N–H and O–H groups in total. The van der Waals surface area contributed by atoms with Crippen molar-refractivity contribution in [3.63, 3.8) is 0 Å². The van der Waals surface area contributed by atoms with E-state index in [0.29, 0.717) is 12.4 Å². The number of carbonyl (C=O) groups excluding carboxylic acids is 1. The lowest BCUT2D eigenvalue weighted by molar-refractivity contribution is -0.114. The van der Waals surface area contributed by atoms with Gasteiger partial charge in [-0.25, -0.2) is 4.98 Å². The molecule has 0 saturated carbocycles. The summed E-state index contributed by atoms with van der Waals surface area (Å²) in [7, 11) is 4.12. The smallest absolute Gasteiger partial charge is 0.229 e. The predicted octanol–water partition coefficient (Wildman–Crippen LogP) is 4.04. The van der Waals surface area contributed by atoms with Crippen molar-refractivity contribution in [2.75, 3.05) is 55.4 Å². The van der Waals surface area contributed by atoms with E-state index in [1.807, 2.05) is 42.3 Å². The summed E-state index contributed by atoms with van der Waals surface area (Å²) in [6.45, 7) is 7.80. The van der Waals surface area contributed by atoms with E-state index in [0.717, 1.165) is 48.9 Å². The summed E-state index contributed by atoms with van der Waals surface area (Å²) in [5.41, 5.74) is 4.12. The van der Waals surface area contributed by atoms with Crippen LogP contribution in [0.25, 0.3) is 0 Å². The van der Waals surface area contributed by atoms with E-state index >= 15 is 0 Å². The molecule has 0 atom stereocenters. The van der Waals surface area contributed by atoms with Crippen molar-refractivity contribution >= 4 is 34.6 Å². The second-order valence-corrected chi connectivity index (χ2v) is 8.27. The maximum atomic E-state index is 11.6. The Bertz CT molecular complexity index is 1090. The Morgan fingerprint density at radius 2 is 1.76 bits per heavy atom. The van der Waals surface area contributed by atoms with Gasteiger partial charge in [0, 0.05) is 62.9 Å². The topological polar surface area (TPSA) is 64.6 Å². The van der Waals surface area contributed by atoms with E-state index in [1.165, 1.54) is 11.8 Å². The molecule has 4 rings (SSSR count). The van der Waals surface area contributed by atoms with Gasteiger partial charge in [0.1, 0.15) is 5.82 Å². The van der Waals surface area contributed by atoms with Crippen LogP contribution in [0.1, 0.15) is 5.56 Å². The lowest BCUT2D eigenvalue weighted by Crippen LogP contribution is -2.44. The van der Waals surface area contributed by atoms with Crippen molar-refractivity contribution in [2.24, 2.45) is 0 Å².